The van der Waals surface area contributed by atoms with Gasteiger partial charge < -0.3 is 5.11 Å². The van der Waals surface area contributed by atoms with Crippen molar-refractivity contribution in [1.29, 1.82) is 0 Å². The van der Waals surface area contributed by atoms with Crippen molar-refractivity contribution in [2.75, 3.05) is 0 Å². The summed E-state index contributed by atoms with van der Waals surface area (Å²) in [5, 5.41) is 9.29. The van der Waals surface area contributed by atoms with Gasteiger partial charge in [-0.05, 0) is 29.7 Å². The van der Waals surface area contributed by atoms with Gasteiger partial charge in [0.15, 0.2) is 0 Å². The van der Waals surface area contributed by atoms with Crippen molar-refractivity contribution in [2.24, 2.45) is 0 Å². The lowest BCUT2D eigenvalue weighted by Crippen LogP contribution is -2.33. The predicted octanol–water partition coefficient (Wildman–Crippen LogP) is 2.35. The first-order valence-electron chi connectivity index (χ1n) is 6.83. The van der Waals surface area contributed by atoms with Gasteiger partial charge in [0.05, 0.1) is 4.90 Å². The van der Waals surface area contributed by atoms with E-state index in [0.717, 1.165) is 12.0 Å². The lowest BCUT2D eigenvalue weighted by Gasteiger charge is -2.15. The highest BCUT2D eigenvalue weighted by Crippen LogP contribution is 2.18. The molecule has 0 aromatic heterocycles. The van der Waals surface area contributed by atoms with Gasteiger partial charge in [-0.2, -0.15) is 4.72 Å². The number of carboxylic acid groups (broad SMARTS) is 1. The summed E-state index contributed by atoms with van der Waals surface area (Å²) in [7, 11) is -3.91. The number of aryl methyl sites for hydroxylation is 1. The van der Waals surface area contributed by atoms with Crippen LogP contribution in [0, 0.1) is 0 Å². The molecule has 0 fully saturated rings. The lowest BCUT2D eigenvalue weighted by molar-refractivity contribution is -0.139. The maximum Gasteiger partial charge on any atom is 0.326 e. The van der Waals surface area contributed by atoms with Gasteiger partial charge in [-0.3, -0.25) is 4.79 Å². The molecule has 0 saturated heterocycles. The van der Waals surface area contributed by atoms with Crippen molar-refractivity contribution >= 4 is 16.0 Å². The van der Waals surface area contributed by atoms with E-state index in [0.29, 0.717) is 5.56 Å². The van der Waals surface area contributed by atoms with Crippen LogP contribution in [-0.4, -0.2) is 19.5 Å². The normalized spacial score (nSPS) is 12.8. The van der Waals surface area contributed by atoms with E-state index in [1.54, 1.807) is 42.5 Å². The van der Waals surface area contributed by atoms with Crippen molar-refractivity contribution in [3.63, 3.8) is 0 Å². The fraction of sp³-hybridized carbons (Fsp3) is 0.188. The molecule has 0 heterocycles. The molecule has 0 aliphatic rings. The first kappa shape index (κ1) is 16.2. The number of rotatable bonds is 6. The molecule has 2 N–H and O–H groups in total. The Morgan fingerprint density at radius 2 is 1.68 bits per heavy atom. The topological polar surface area (TPSA) is 83.5 Å². The fourth-order valence-electron chi connectivity index (χ4n) is 2.03. The van der Waals surface area contributed by atoms with Gasteiger partial charge in [-0.15, -0.1) is 0 Å². The van der Waals surface area contributed by atoms with Crippen LogP contribution in [0.25, 0.3) is 0 Å². The van der Waals surface area contributed by atoms with Crippen LogP contribution in [0.15, 0.2) is 59.5 Å². The number of benzene rings is 2. The Morgan fingerprint density at radius 1 is 1.09 bits per heavy atom. The highest BCUT2D eigenvalue weighted by Gasteiger charge is 2.26. The van der Waals surface area contributed by atoms with Gasteiger partial charge in [0, 0.05) is 0 Å². The Morgan fingerprint density at radius 3 is 2.18 bits per heavy atom. The molecule has 0 amide bonds. The van der Waals surface area contributed by atoms with Crippen molar-refractivity contribution in [3.05, 3.63) is 65.7 Å². The van der Waals surface area contributed by atoms with Gasteiger partial charge in [-0.1, -0.05) is 49.4 Å². The van der Waals surface area contributed by atoms with Crippen LogP contribution in [0.1, 0.15) is 24.1 Å². The largest absolute Gasteiger partial charge is 0.480 e. The summed E-state index contributed by atoms with van der Waals surface area (Å²) >= 11 is 0. The zero-order valence-corrected chi connectivity index (χ0v) is 12.9. The van der Waals surface area contributed by atoms with Crippen LogP contribution >= 0.6 is 0 Å². The summed E-state index contributed by atoms with van der Waals surface area (Å²) in [5.41, 5.74) is 1.39. The SMILES string of the molecule is CCc1ccc(S(=O)(=O)NC(C(=O)O)c2ccccc2)cc1. The second-order valence-corrected chi connectivity index (χ2v) is 6.51. The third kappa shape index (κ3) is 3.72. The molecule has 0 aliphatic carbocycles. The van der Waals surface area contributed by atoms with Gasteiger partial charge in [0.25, 0.3) is 0 Å². The zero-order valence-electron chi connectivity index (χ0n) is 12.1. The van der Waals surface area contributed by atoms with E-state index in [2.05, 4.69) is 4.72 Å². The van der Waals surface area contributed by atoms with E-state index in [1.807, 2.05) is 6.92 Å². The Hall–Kier alpha value is -2.18. The molecule has 2 aromatic rings. The Kier molecular flexibility index (Phi) is 4.95. The van der Waals surface area contributed by atoms with Gasteiger partial charge in [-0.25, -0.2) is 8.42 Å². The molecule has 0 aliphatic heterocycles. The van der Waals surface area contributed by atoms with E-state index in [4.69, 9.17) is 0 Å². The highest BCUT2D eigenvalue weighted by atomic mass is 32.2. The summed E-state index contributed by atoms with van der Waals surface area (Å²) in [4.78, 5) is 11.4. The summed E-state index contributed by atoms with van der Waals surface area (Å²) in [5.74, 6) is -1.25. The Balaban J connectivity index is 2.30. The van der Waals surface area contributed by atoms with Crippen molar-refractivity contribution in [1.82, 2.24) is 4.72 Å². The molecular weight excluding hydrogens is 302 g/mol. The Labute approximate surface area is 129 Å². The quantitative estimate of drug-likeness (QED) is 0.856. The first-order chi connectivity index (χ1) is 10.4. The highest BCUT2D eigenvalue weighted by molar-refractivity contribution is 7.89. The van der Waals surface area contributed by atoms with E-state index < -0.39 is 22.0 Å². The second kappa shape index (κ2) is 6.72. The molecule has 0 saturated carbocycles. The van der Waals surface area contributed by atoms with Crippen LogP contribution in [0.4, 0.5) is 0 Å². The molecule has 0 radical (unpaired) electrons. The van der Waals surface area contributed by atoms with Crippen molar-refractivity contribution in [2.45, 2.75) is 24.3 Å². The van der Waals surface area contributed by atoms with E-state index >= 15 is 0 Å². The minimum absolute atomic E-state index is 0.0480. The van der Waals surface area contributed by atoms with Gasteiger partial charge in [0.2, 0.25) is 10.0 Å². The lowest BCUT2D eigenvalue weighted by atomic mass is 10.1. The summed E-state index contributed by atoms with van der Waals surface area (Å²) in [6.07, 6.45) is 0.801. The van der Waals surface area contributed by atoms with Crippen LogP contribution in [0.2, 0.25) is 0 Å². The number of aliphatic carboxylic acids is 1. The molecule has 6 heteroatoms. The zero-order chi connectivity index (χ0) is 16.2. The smallest absolute Gasteiger partial charge is 0.326 e. The monoisotopic (exact) mass is 319 g/mol. The standard InChI is InChI=1S/C16H17NO4S/c1-2-12-8-10-14(11-9-12)22(20,21)17-15(16(18)19)13-6-4-3-5-7-13/h3-11,15,17H,2H2,1H3,(H,18,19). The molecule has 1 atom stereocenters. The minimum Gasteiger partial charge on any atom is -0.480 e. The molecule has 0 bridgehead atoms. The molecule has 2 aromatic carbocycles. The number of sulfonamides is 1. The van der Waals surface area contributed by atoms with Gasteiger partial charge >= 0.3 is 5.97 Å². The van der Waals surface area contributed by atoms with Crippen LogP contribution in [0.5, 0.6) is 0 Å². The molecule has 1 unspecified atom stereocenters. The van der Waals surface area contributed by atoms with Crippen LogP contribution < -0.4 is 4.72 Å². The van der Waals surface area contributed by atoms with Crippen molar-refractivity contribution in [3.8, 4) is 0 Å². The number of nitrogens with one attached hydrogen (secondary N) is 1. The number of carboxylic acids is 1. The molecule has 0 spiro atoms. The molecule has 5 nitrogen and oxygen atoms in total. The molecular formula is C16H17NO4S. The third-order valence-corrected chi connectivity index (χ3v) is 4.73. The van der Waals surface area contributed by atoms with E-state index in [9.17, 15) is 18.3 Å². The van der Waals surface area contributed by atoms with E-state index in [1.165, 1.54) is 12.1 Å². The summed E-state index contributed by atoms with van der Waals surface area (Å²) < 4.78 is 26.9. The third-order valence-electron chi connectivity index (χ3n) is 3.29. The average Bonchev–Trinajstić information content (AvgIpc) is 2.53. The van der Waals surface area contributed by atoms with Crippen molar-refractivity contribution < 1.29 is 18.3 Å². The minimum atomic E-state index is -3.91. The van der Waals surface area contributed by atoms with Crippen LogP contribution in [-0.2, 0) is 21.2 Å². The Bertz CT molecular complexity index is 739. The van der Waals surface area contributed by atoms with Gasteiger partial charge in [0.1, 0.15) is 6.04 Å². The maximum absolute atomic E-state index is 12.3. The van der Waals surface area contributed by atoms with E-state index in [-0.39, 0.29) is 4.90 Å². The molecule has 116 valence electrons. The molecule has 2 rings (SSSR count). The maximum atomic E-state index is 12.3. The summed E-state index contributed by atoms with van der Waals surface area (Å²) in [6.45, 7) is 1.97. The second-order valence-electron chi connectivity index (χ2n) is 4.80. The number of carbonyl (C=O) groups is 1. The first-order valence-corrected chi connectivity index (χ1v) is 8.31. The number of hydrogen-bond acceptors (Lipinski definition) is 3. The number of hydrogen-bond donors (Lipinski definition) is 2. The average molecular weight is 319 g/mol. The van der Waals surface area contributed by atoms with Crippen LogP contribution in [0.3, 0.4) is 0 Å². The fourth-order valence-corrected chi connectivity index (χ4v) is 3.21. The molecule has 22 heavy (non-hydrogen) atoms. The predicted molar refractivity (Wildman–Crippen MR) is 83.0 cm³/mol. The summed E-state index contributed by atoms with van der Waals surface area (Å²) in [6, 6.07) is 13.3.